The molecule has 2 atom stereocenters. The summed E-state index contributed by atoms with van der Waals surface area (Å²) in [5.74, 6) is 1.20. The van der Waals surface area contributed by atoms with Crippen LogP contribution in [-0.2, 0) is 0 Å². The molecule has 6 nitrogen and oxygen atoms in total. The number of halogens is 1. The van der Waals surface area contributed by atoms with E-state index in [0.29, 0.717) is 5.82 Å². The van der Waals surface area contributed by atoms with Gasteiger partial charge in [0, 0.05) is 37.9 Å². The maximum absolute atomic E-state index is 13.7. The molecule has 0 amide bonds. The molecular weight excluding hydrogens is 323 g/mol. The summed E-state index contributed by atoms with van der Waals surface area (Å²) in [6.07, 6.45) is 2.55. The largest absolute Gasteiger partial charge is 0.396 e. The van der Waals surface area contributed by atoms with E-state index >= 15 is 0 Å². The van der Waals surface area contributed by atoms with Gasteiger partial charge in [-0.25, -0.2) is 14.4 Å². The highest BCUT2D eigenvalue weighted by molar-refractivity contribution is 5.49. The number of nitrogens with one attached hydrogen (secondary N) is 1. The molecule has 3 rings (SSSR count). The van der Waals surface area contributed by atoms with Crippen LogP contribution in [0.25, 0.3) is 0 Å². The Morgan fingerprint density at radius 3 is 2.96 bits per heavy atom. The molecule has 7 heteroatoms. The minimum atomic E-state index is -0.964. The Bertz CT molecular complexity index is 700. The second-order valence-electron chi connectivity index (χ2n) is 6.32. The number of benzene rings is 1. The van der Waals surface area contributed by atoms with E-state index in [4.69, 9.17) is 0 Å². The van der Waals surface area contributed by atoms with Gasteiger partial charge in [-0.2, -0.15) is 0 Å². The monoisotopic (exact) mass is 346 g/mol. The topological polar surface area (TPSA) is 81.5 Å². The van der Waals surface area contributed by atoms with Gasteiger partial charge in [-0.1, -0.05) is 18.2 Å². The van der Waals surface area contributed by atoms with Crippen LogP contribution in [0.5, 0.6) is 0 Å². The van der Waals surface area contributed by atoms with Crippen LogP contribution >= 0.6 is 0 Å². The van der Waals surface area contributed by atoms with Gasteiger partial charge >= 0.3 is 0 Å². The van der Waals surface area contributed by atoms with Crippen molar-refractivity contribution in [2.45, 2.75) is 18.9 Å². The fourth-order valence-electron chi connectivity index (χ4n) is 3.10. The normalized spacial score (nSPS) is 18.8. The van der Waals surface area contributed by atoms with Crippen molar-refractivity contribution in [2.24, 2.45) is 5.92 Å². The molecule has 1 aromatic carbocycles. The third-order valence-electron chi connectivity index (χ3n) is 4.49. The van der Waals surface area contributed by atoms with E-state index in [0.717, 1.165) is 31.7 Å². The van der Waals surface area contributed by atoms with Crippen LogP contribution in [0.3, 0.4) is 0 Å². The molecule has 1 aliphatic rings. The van der Waals surface area contributed by atoms with Gasteiger partial charge in [0.25, 0.3) is 0 Å². The summed E-state index contributed by atoms with van der Waals surface area (Å²) in [7, 11) is 0. The first-order valence-electron chi connectivity index (χ1n) is 8.51. The molecule has 1 fully saturated rings. The number of piperidine rings is 1. The lowest BCUT2D eigenvalue weighted by molar-refractivity contribution is 0.186. The Kier molecular flexibility index (Phi) is 5.78. The smallest absolute Gasteiger partial charge is 0.134 e. The number of anilines is 2. The summed E-state index contributed by atoms with van der Waals surface area (Å²) in [5.41, 5.74) is 0.256. The highest BCUT2D eigenvalue weighted by Gasteiger charge is 2.20. The highest BCUT2D eigenvalue weighted by Crippen LogP contribution is 2.23. The molecule has 25 heavy (non-hydrogen) atoms. The zero-order valence-corrected chi connectivity index (χ0v) is 14.0. The van der Waals surface area contributed by atoms with Crippen LogP contribution in [0.1, 0.15) is 24.5 Å². The Balaban J connectivity index is 1.63. The molecule has 0 aliphatic carbocycles. The Morgan fingerprint density at radius 2 is 2.16 bits per heavy atom. The molecule has 1 aliphatic heterocycles. The van der Waals surface area contributed by atoms with Gasteiger partial charge < -0.3 is 20.4 Å². The Labute approximate surface area is 146 Å². The summed E-state index contributed by atoms with van der Waals surface area (Å²) in [5, 5.41) is 22.6. The Morgan fingerprint density at radius 1 is 1.32 bits per heavy atom. The summed E-state index contributed by atoms with van der Waals surface area (Å²) < 4.78 is 13.7. The van der Waals surface area contributed by atoms with E-state index < -0.39 is 11.9 Å². The quantitative estimate of drug-likeness (QED) is 0.742. The lowest BCUT2D eigenvalue weighted by atomic mass is 9.99. The third-order valence-corrected chi connectivity index (χ3v) is 4.49. The number of hydrogen-bond donors (Lipinski definition) is 3. The van der Waals surface area contributed by atoms with Crippen LogP contribution in [0.15, 0.2) is 36.7 Å². The van der Waals surface area contributed by atoms with Gasteiger partial charge in [0.2, 0.25) is 0 Å². The summed E-state index contributed by atoms with van der Waals surface area (Å²) >= 11 is 0. The minimum absolute atomic E-state index is 0.149. The lowest BCUT2D eigenvalue weighted by Crippen LogP contribution is -2.37. The third kappa shape index (κ3) is 4.43. The summed E-state index contributed by atoms with van der Waals surface area (Å²) in [6.45, 7) is 1.99. The zero-order valence-electron chi connectivity index (χ0n) is 14.0. The van der Waals surface area contributed by atoms with Gasteiger partial charge in [0.1, 0.15) is 23.8 Å². The van der Waals surface area contributed by atoms with Gasteiger partial charge in [0.15, 0.2) is 0 Å². The number of rotatable bonds is 6. The van der Waals surface area contributed by atoms with Gasteiger partial charge in [-0.05, 0) is 24.8 Å². The molecule has 1 saturated heterocycles. The molecule has 2 aromatic rings. The van der Waals surface area contributed by atoms with Crippen molar-refractivity contribution in [1.29, 1.82) is 0 Å². The molecule has 1 aromatic heterocycles. The average molecular weight is 346 g/mol. The van der Waals surface area contributed by atoms with Crippen molar-refractivity contribution < 1.29 is 14.6 Å². The zero-order chi connectivity index (χ0) is 17.6. The molecule has 2 unspecified atom stereocenters. The van der Waals surface area contributed by atoms with Crippen LogP contribution in [0, 0.1) is 11.7 Å². The maximum atomic E-state index is 13.7. The first-order valence-corrected chi connectivity index (χ1v) is 8.51. The second-order valence-corrected chi connectivity index (χ2v) is 6.32. The standard InChI is InChI=1S/C18H23FN4O2/c19-15-6-2-1-5-14(15)16(25)9-20-17-8-18(22-12-21-17)23-7-3-4-13(10-23)11-24/h1-2,5-6,8,12-13,16,24-25H,3-4,7,9-11H2,(H,20,21,22). The van der Waals surface area contributed by atoms with Crippen LogP contribution in [0.4, 0.5) is 16.0 Å². The van der Waals surface area contributed by atoms with E-state index in [1.54, 1.807) is 18.2 Å². The molecule has 0 bridgehead atoms. The fourth-order valence-corrected chi connectivity index (χ4v) is 3.10. The lowest BCUT2D eigenvalue weighted by Gasteiger charge is -2.32. The fraction of sp³-hybridized carbons (Fsp3) is 0.444. The SMILES string of the molecule is OCC1CCCN(c2cc(NCC(O)c3ccccc3F)ncn2)C1. The van der Waals surface area contributed by atoms with Crippen LogP contribution in [-0.4, -0.2) is 46.4 Å². The van der Waals surface area contributed by atoms with Gasteiger partial charge in [-0.3, -0.25) is 0 Å². The predicted octanol–water partition coefficient (Wildman–Crippen LogP) is 1.97. The average Bonchev–Trinajstić information content (AvgIpc) is 2.67. The van der Waals surface area contributed by atoms with Crippen molar-refractivity contribution in [3.05, 3.63) is 48.0 Å². The van der Waals surface area contributed by atoms with Gasteiger partial charge in [-0.15, -0.1) is 0 Å². The minimum Gasteiger partial charge on any atom is -0.396 e. The van der Waals surface area contributed by atoms with E-state index in [-0.39, 0.29) is 24.6 Å². The molecule has 0 spiro atoms. The van der Waals surface area contributed by atoms with E-state index in [1.165, 1.54) is 12.4 Å². The van der Waals surface area contributed by atoms with Crippen molar-refractivity contribution >= 4 is 11.6 Å². The molecular formula is C18H23FN4O2. The predicted molar refractivity (Wildman–Crippen MR) is 93.9 cm³/mol. The summed E-state index contributed by atoms with van der Waals surface area (Å²) in [6, 6.07) is 7.99. The first-order chi connectivity index (χ1) is 12.2. The molecule has 2 heterocycles. The maximum Gasteiger partial charge on any atom is 0.134 e. The number of hydrogen-bond acceptors (Lipinski definition) is 6. The molecule has 0 radical (unpaired) electrons. The highest BCUT2D eigenvalue weighted by atomic mass is 19.1. The molecule has 3 N–H and O–H groups in total. The van der Waals surface area contributed by atoms with Crippen molar-refractivity contribution in [3.63, 3.8) is 0 Å². The molecule has 0 saturated carbocycles. The van der Waals surface area contributed by atoms with Crippen molar-refractivity contribution in [3.8, 4) is 0 Å². The van der Waals surface area contributed by atoms with Gasteiger partial charge in [0.05, 0.1) is 6.10 Å². The van der Waals surface area contributed by atoms with Crippen LogP contribution in [0.2, 0.25) is 0 Å². The van der Waals surface area contributed by atoms with Crippen LogP contribution < -0.4 is 10.2 Å². The number of aliphatic hydroxyl groups is 2. The number of aromatic nitrogens is 2. The van der Waals surface area contributed by atoms with E-state index in [9.17, 15) is 14.6 Å². The van der Waals surface area contributed by atoms with E-state index in [1.807, 2.05) is 6.07 Å². The van der Waals surface area contributed by atoms with Crippen molar-refractivity contribution in [1.82, 2.24) is 9.97 Å². The first kappa shape index (κ1) is 17.6. The number of aliphatic hydroxyl groups excluding tert-OH is 2. The summed E-state index contributed by atoms with van der Waals surface area (Å²) in [4.78, 5) is 10.6. The van der Waals surface area contributed by atoms with Crippen molar-refractivity contribution in [2.75, 3.05) is 36.5 Å². The number of nitrogens with zero attached hydrogens (tertiary/aromatic N) is 3. The second kappa shape index (κ2) is 8.22. The van der Waals surface area contributed by atoms with E-state index in [2.05, 4.69) is 20.2 Å². The molecule has 134 valence electrons. The Hall–Kier alpha value is -2.25.